The molecule has 0 spiro atoms. The van der Waals surface area contributed by atoms with E-state index in [1.165, 1.54) is 6.07 Å². The van der Waals surface area contributed by atoms with Crippen LogP contribution in [0.2, 0.25) is 5.02 Å². The SMILES string of the molecule is CC(C)N(Cc1ccncc1)Cc1cc([N+](=O)[O-])cc(Cl)c1O. The Labute approximate surface area is 139 Å². The number of phenols is 1. The van der Waals surface area contributed by atoms with Crippen LogP contribution in [0.1, 0.15) is 25.0 Å². The quantitative estimate of drug-likeness (QED) is 0.642. The predicted octanol–water partition coefficient (Wildman–Crippen LogP) is 3.76. The molecule has 0 atom stereocenters. The summed E-state index contributed by atoms with van der Waals surface area (Å²) in [6, 6.07) is 6.53. The van der Waals surface area contributed by atoms with Crippen molar-refractivity contribution in [2.75, 3.05) is 0 Å². The van der Waals surface area contributed by atoms with Gasteiger partial charge in [0.15, 0.2) is 0 Å². The van der Waals surface area contributed by atoms with Crippen LogP contribution in [0.25, 0.3) is 0 Å². The zero-order valence-corrected chi connectivity index (χ0v) is 13.7. The molecule has 0 amide bonds. The van der Waals surface area contributed by atoms with E-state index < -0.39 is 4.92 Å². The Kier molecular flexibility index (Phi) is 5.52. The fourth-order valence-electron chi connectivity index (χ4n) is 2.23. The smallest absolute Gasteiger partial charge is 0.271 e. The lowest BCUT2D eigenvalue weighted by molar-refractivity contribution is -0.384. The van der Waals surface area contributed by atoms with Gasteiger partial charge in [0.05, 0.1) is 9.95 Å². The van der Waals surface area contributed by atoms with Gasteiger partial charge in [-0.2, -0.15) is 0 Å². The summed E-state index contributed by atoms with van der Waals surface area (Å²) in [5.74, 6) is -0.113. The van der Waals surface area contributed by atoms with Crippen molar-refractivity contribution in [2.45, 2.75) is 33.0 Å². The normalized spacial score (nSPS) is 11.2. The standard InChI is InChI=1S/C16H18ClN3O3/c1-11(2)19(9-12-3-5-18-6-4-12)10-13-7-14(20(22)23)8-15(17)16(13)21/h3-8,11,21H,9-10H2,1-2H3. The van der Waals surface area contributed by atoms with E-state index in [2.05, 4.69) is 9.88 Å². The fraction of sp³-hybridized carbons (Fsp3) is 0.312. The molecule has 0 saturated carbocycles. The van der Waals surface area contributed by atoms with Crippen molar-refractivity contribution >= 4 is 17.3 Å². The van der Waals surface area contributed by atoms with E-state index in [4.69, 9.17) is 11.6 Å². The minimum atomic E-state index is -0.516. The number of nitrogens with zero attached hydrogens (tertiary/aromatic N) is 3. The van der Waals surface area contributed by atoms with Crippen LogP contribution in [0.3, 0.4) is 0 Å². The summed E-state index contributed by atoms with van der Waals surface area (Å²) >= 11 is 5.91. The van der Waals surface area contributed by atoms with Crippen LogP contribution in [-0.2, 0) is 13.1 Å². The Morgan fingerprint density at radius 2 is 1.96 bits per heavy atom. The minimum absolute atomic E-state index is 0.0122. The number of non-ortho nitro benzene ring substituents is 1. The van der Waals surface area contributed by atoms with E-state index in [-0.39, 0.29) is 22.5 Å². The molecule has 0 aliphatic carbocycles. The topological polar surface area (TPSA) is 79.5 Å². The molecule has 1 aromatic heterocycles. The second kappa shape index (κ2) is 7.39. The third-order valence-electron chi connectivity index (χ3n) is 3.58. The molecule has 1 aromatic carbocycles. The molecule has 0 saturated heterocycles. The first kappa shape index (κ1) is 17.2. The number of nitro benzene ring substituents is 1. The van der Waals surface area contributed by atoms with Crippen LogP contribution < -0.4 is 0 Å². The number of hydrogen-bond acceptors (Lipinski definition) is 5. The Balaban J connectivity index is 2.28. The van der Waals surface area contributed by atoms with Gasteiger partial charge in [0.25, 0.3) is 5.69 Å². The van der Waals surface area contributed by atoms with Gasteiger partial charge in [0.1, 0.15) is 5.75 Å². The summed E-state index contributed by atoms with van der Waals surface area (Å²) in [6.45, 7) is 5.04. The molecule has 0 fully saturated rings. The Bertz CT molecular complexity index is 692. The van der Waals surface area contributed by atoms with E-state index in [1.54, 1.807) is 12.4 Å². The molecule has 2 aromatic rings. The number of nitro groups is 1. The number of phenolic OH excluding ortho intramolecular Hbond substituents is 1. The first-order valence-corrected chi connectivity index (χ1v) is 7.55. The molecule has 1 N–H and O–H groups in total. The molecule has 6 nitrogen and oxygen atoms in total. The van der Waals surface area contributed by atoms with E-state index in [0.717, 1.165) is 11.6 Å². The largest absolute Gasteiger partial charge is 0.506 e. The molecule has 0 aliphatic rings. The van der Waals surface area contributed by atoms with Crippen LogP contribution in [0.15, 0.2) is 36.7 Å². The number of benzene rings is 1. The summed E-state index contributed by atoms with van der Waals surface area (Å²) in [5, 5.41) is 21.1. The van der Waals surface area contributed by atoms with Crippen molar-refractivity contribution in [1.29, 1.82) is 0 Å². The molecule has 122 valence electrons. The van der Waals surface area contributed by atoms with Crippen LogP contribution in [0.5, 0.6) is 5.75 Å². The summed E-state index contributed by atoms with van der Waals surface area (Å²) in [5.41, 5.74) is 1.38. The summed E-state index contributed by atoms with van der Waals surface area (Å²) in [4.78, 5) is 16.5. The van der Waals surface area contributed by atoms with Crippen LogP contribution in [0, 0.1) is 10.1 Å². The number of hydrogen-bond donors (Lipinski definition) is 1. The molecular formula is C16H18ClN3O3. The molecule has 23 heavy (non-hydrogen) atoms. The lowest BCUT2D eigenvalue weighted by Crippen LogP contribution is -2.29. The zero-order chi connectivity index (χ0) is 17.0. The number of rotatable bonds is 6. The predicted molar refractivity (Wildman–Crippen MR) is 88.4 cm³/mol. The summed E-state index contributed by atoms with van der Waals surface area (Å²) in [6.07, 6.45) is 3.44. The maximum absolute atomic E-state index is 11.0. The zero-order valence-electron chi connectivity index (χ0n) is 12.9. The van der Waals surface area contributed by atoms with Gasteiger partial charge >= 0.3 is 0 Å². The minimum Gasteiger partial charge on any atom is -0.506 e. The molecule has 7 heteroatoms. The van der Waals surface area contributed by atoms with Crippen LogP contribution in [-0.4, -0.2) is 26.0 Å². The van der Waals surface area contributed by atoms with E-state index in [1.807, 2.05) is 26.0 Å². The number of aromatic hydroxyl groups is 1. The maximum atomic E-state index is 11.0. The van der Waals surface area contributed by atoms with Gasteiger partial charge in [-0.25, -0.2) is 0 Å². The van der Waals surface area contributed by atoms with Crippen molar-refractivity contribution < 1.29 is 10.0 Å². The second-order valence-electron chi connectivity index (χ2n) is 5.55. The Morgan fingerprint density at radius 3 is 2.52 bits per heavy atom. The summed E-state index contributed by atoms with van der Waals surface area (Å²) < 4.78 is 0. The molecule has 2 rings (SSSR count). The van der Waals surface area contributed by atoms with Gasteiger partial charge in [-0.15, -0.1) is 0 Å². The van der Waals surface area contributed by atoms with Gasteiger partial charge in [-0.05, 0) is 31.5 Å². The highest BCUT2D eigenvalue weighted by atomic mass is 35.5. The van der Waals surface area contributed by atoms with E-state index >= 15 is 0 Å². The van der Waals surface area contributed by atoms with Gasteiger partial charge in [-0.3, -0.25) is 20.0 Å². The van der Waals surface area contributed by atoms with Crippen molar-refractivity contribution in [3.8, 4) is 5.75 Å². The summed E-state index contributed by atoms with van der Waals surface area (Å²) in [7, 11) is 0. The maximum Gasteiger partial charge on any atom is 0.271 e. The molecular weight excluding hydrogens is 318 g/mol. The van der Waals surface area contributed by atoms with E-state index in [0.29, 0.717) is 18.7 Å². The third kappa shape index (κ3) is 4.40. The van der Waals surface area contributed by atoms with Crippen molar-refractivity contribution in [3.63, 3.8) is 0 Å². The van der Waals surface area contributed by atoms with Crippen molar-refractivity contribution in [1.82, 2.24) is 9.88 Å². The molecule has 0 bridgehead atoms. The van der Waals surface area contributed by atoms with Gasteiger partial charge in [0, 0.05) is 49.2 Å². The number of halogens is 1. The second-order valence-corrected chi connectivity index (χ2v) is 5.95. The number of pyridine rings is 1. The third-order valence-corrected chi connectivity index (χ3v) is 3.86. The highest BCUT2D eigenvalue weighted by molar-refractivity contribution is 6.32. The van der Waals surface area contributed by atoms with Gasteiger partial charge in [0.2, 0.25) is 0 Å². The molecule has 0 radical (unpaired) electrons. The first-order chi connectivity index (χ1) is 10.9. The molecule has 1 heterocycles. The average molecular weight is 336 g/mol. The first-order valence-electron chi connectivity index (χ1n) is 7.17. The van der Waals surface area contributed by atoms with E-state index in [9.17, 15) is 15.2 Å². The van der Waals surface area contributed by atoms with Crippen molar-refractivity contribution in [3.05, 3.63) is 62.9 Å². The molecule has 0 unspecified atom stereocenters. The highest BCUT2D eigenvalue weighted by Crippen LogP contribution is 2.33. The Hall–Kier alpha value is -2.18. The van der Waals surface area contributed by atoms with Gasteiger partial charge < -0.3 is 5.11 Å². The van der Waals surface area contributed by atoms with Crippen LogP contribution in [0.4, 0.5) is 5.69 Å². The van der Waals surface area contributed by atoms with Crippen LogP contribution >= 0.6 is 11.6 Å². The highest BCUT2D eigenvalue weighted by Gasteiger charge is 2.19. The fourth-order valence-corrected chi connectivity index (χ4v) is 2.46. The Morgan fingerprint density at radius 1 is 1.30 bits per heavy atom. The lowest BCUT2D eigenvalue weighted by atomic mass is 10.1. The lowest BCUT2D eigenvalue weighted by Gasteiger charge is -2.27. The van der Waals surface area contributed by atoms with Crippen molar-refractivity contribution in [2.24, 2.45) is 0 Å². The molecule has 0 aliphatic heterocycles. The van der Waals surface area contributed by atoms with Gasteiger partial charge in [-0.1, -0.05) is 11.6 Å². The number of aromatic nitrogens is 1. The monoisotopic (exact) mass is 335 g/mol. The average Bonchev–Trinajstić information content (AvgIpc) is 2.51.